The van der Waals surface area contributed by atoms with Gasteiger partial charge in [0.2, 0.25) is 0 Å². The van der Waals surface area contributed by atoms with E-state index in [0.29, 0.717) is 19.1 Å². The van der Waals surface area contributed by atoms with Crippen LogP contribution in [-0.4, -0.2) is 62.6 Å². The summed E-state index contributed by atoms with van der Waals surface area (Å²) in [6.07, 6.45) is -0.502. The van der Waals surface area contributed by atoms with Gasteiger partial charge >= 0.3 is 0 Å². The maximum atomic E-state index is 10.5. The maximum absolute atomic E-state index is 10.5. The molecular formula is C23H34Cl2N2O3. The molecule has 0 saturated carbocycles. The predicted octanol–water partition coefficient (Wildman–Crippen LogP) is 4.22. The Balaban J connectivity index is 0.00000225. The first kappa shape index (κ1) is 26.4. The first-order valence-corrected chi connectivity index (χ1v) is 10.1. The predicted molar refractivity (Wildman–Crippen MR) is 128 cm³/mol. The summed E-state index contributed by atoms with van der Waals surface area (Å²) in [5.74, 6) is 2.18. The highest BCUT2D eigenvalue weighted by Gasteiger charge is 2.21. The van der Waals surface area contributed by atoms with Gasteiger partial charge < -0.3 is 19.5 Å². The van der Waals surface area contributed by atoms with Crippen LogP contribution in [-0.2, 0) is 0 Å². The lowest BCUT2D eigenvalue weighted by Gasteiger charge is -2.37. The Morgan fingerprint density at radius 3 is 2.13 bits per heavy atom. The van der Waals surface area contributed by atoms with Crippen molar-refractivity contribution in [3.63, 3.8) is 0 Å². The van der Waals surface area contributed by atoms with E-state index < -0.39 is 6.10 Å². The number of hydrogen-bond donors (Lipinski definition) is 1. The Hall–Kier alpha value is -1.66. The Kier molecular flexibility index (Phi) is 11.3. The molecule has 2 aromatic carbocycles. The molecule has 1 unspecified atom stereocenters. The summed E-state index contributed by atoms with van der Waals surface area (Å²) >= 11 is 0. The largest absolute Gasteiger partial charge is 0.495 e. The molecular weight excluding hydrogens is 423 g/mol. The molecule has 7 heteroatoms. The van der Waals surface area contributed by atoms with Crippen LogP contribution in [0.15, 0.2) is 48.5 Å². The van der Waals surface area contributed by atoms with Gasteiger partial charge in [-0.15, -0.1) is 24.8 Å². The number of methoxy groups -OCH3 is 1. The van der Waals surface area contributed by atoms with Gasteiger partial charge in [-0.25, -0.2) is 0 Å². The summed E-state index contributed by atoms with van der Waals surface area (Å²) < 4.78 is 11.4. The van der Waals surface area contributed by atoms with Gasteiger partial charge in [0.25, 0.3) is 0 Å². The number of para-hydroxylation sites is 3. The average molecular weight is 457 g/mol. The van der Waals surface area contributed by atoms with Crippen LogP contribution in [0.2, 0.25) is 0 Å². The van der Waals surface area contributed by atoms with Gasteiger partial charge in [0.05, 0.1) is 12.8 Å². The minimum absolute atomic E-state index is 0. The summed E-state index contributed by atoms with van der Waals surface area (Å²) in [4.78, 5) is 4.64. The van der Waals surface area contributed by atoms with Gasteiger partial charge in [-0.2, -0.15) is 0 Å². The number of halogens is 2. The molecule has 30 heavy (non-hydrogen) atoms. The number of nitrogens with zero attached hydrogens (tertiary/aromatic N) is 2. The van der Waals surface area contributed by atoms with E-state index in [1.165, 1.54) is 5.56 Å². The van der Waals surface area contributed by atoms with Crippen LogP contribution < -0.4 is 14.4 Å². The lowest BCUT2D eigenvalue weighted by Crippen LogP contribution is -2.49. The number of anilines is 1. The molecule has 1 heterocycles. The van der Waals surface area contributed by atoms with E-state index in [9.17, 15) is 5.11 Å². The summed E-state index contributed by atoms with van der Waals surface area (Å²) in [6, 6.07) is 16.2. The maximum Gasteiger partial charge on any atom is 0.142 e. The number of aliphatic hydroxyl groups excluding tert-OH is 1. The highest BCUT2D eigenvalue weighted by atomic mass is 35.5. The minimum atomic E-state index is -0.502. The second-order valence-corrected chi connectivity index (χ2v) is 7.62. The molecule has 0 spiro atoms. The fraction of sp³-hybridized carbons (Fsp3) is 0.478. The Labute approximate surface area is 192 Å². The van der Waals surface area contributed by atoms with Gasteiger partial charge in [0.1, 0.15) is 24.2 Å². The molecule has 168 valence electrons. The number of hydrogen-bond acceptors (Lipinski definition) is 5. The normalized spacial score (nSPS) is 15.2. The third-order valence-electron chi connectivity index (χ3n) is 5.24. The molecule has 0 aromatic heterocycles. The highest BCUT2D eigenvalue weighted by molar-refractivity contribution is 5.85. The standard InChI is InChI=1S/C23H32N2O3.2ClH/c1-18(2)20-8-4-6-10-22(20)28-17-19(26)16-24-12-14-25(15-13-24)21-9-5-7-11-23(21)27-3;;/h4-11,18-19,26H,12-17H2,1-3H3;2*1H. The molecule has 0 radical (unpaired) electrons. The van der Waals surface area contributed by atoms with E-state index in [2.05, 4.69) is 35.8 Å². The number of β-amino-alcohol motifs (C(OH)–C–C–N with tert-alkyl or cyclic N) is 1. The minimum Gasteiger partial charge on any atom is -0.495 e. The summed E-state index contributed by atoms with van der Waals surface area (Å²) in [7, 11) is 1.71. The number of benzene rings is 2. The second kappa shape index (κ2) is 12.9. The lowest BCUT2D eigenvalue weighted by atomic mass is 10.0. The van der Waals surface area contributed by atoms with Crippen molar-refractivity contribution in [3.05, 3.63) is 54.1 Å². The lowest BCUT2D eigenvalue weighted by molar-refractivity contribution is 0.0658. The van der Waals surface area contributed by atoms with E-state index in [4.69, 9.17) is 9.47 Å². The van der Waals surface area contributed by atoms with Crippen LogP contribution in [0.3, 0.4) is 0 Å². The molecule has 0 aliphatic carbocycles. The molecule has 3 rings (SSSR count). The fourth-order valence-electron chi connectivity index (χ4n) is 3.69. The molecule has 5 nitrogen and oxygen atoms in total. The zero-order valence-corrected chi connectivity index (χ0v) is 19.6. The van der Waals surface area contributed by atoms with E-state index >= 15 is 0 Å². The Morgan fingerprint density at radius 2 is 1.50 bits per heavy atom. The van der Waals surface area contributed by atoms with Gasteiger partial charge in [-0.3, -0.25) is 4.90 Å². The molecule has 1 aliphatic heterocycles. The summed E-state index contributed by atoms with van der Waals surface area (Å²) in [5, 5.41) is 10.5. The van der Waals surface area contributed by atoms with Gasteiger partial charge in [0, 0.05) is 32.7 Å². The molecule has 1 N–H and O–H groups in total. The smallest absolute Gasteiger partial charge is 0.142 e. The van der Waals surface area contributed by atoms with Crippen LogP contribution in [0.1, 0.15) is 25.3 Å². The van der Waals surface area contributed by atoms with Crippen LogP contribution >= 0.6 is 24.8 Å². The van der Waals surface area contributed by atoms with Crippen molar-refractivity contribution in [1.29, 1.82) is 0 Å². The molecule has 1 atom stereocenters. The Morgan fingerprint density at radius 1 is 0.900 bits per heavy atom. The first-order valence-electron chi connectivity index (χ1n) is 10.1. The fourth-order valence-corrected chi connectivity index (χ4v) is 3.69. The molecule has 1 aliphatic rings. The average Bonchev–Trinajstić information content (AvgIpc) is 2.73. The number of aliphatic hydroxyl groups is 1. The molecule has 0 bridgehead atoms. The number of rotatable bonds is 8. The molecule has 1 fully saturated rings. The van der Waals surface area contributed by atoms with Crippen molar-refractivity contribution in [2.45, 2.75) is 25.9 Å². The first-order chi connectivity index (χ1) is 13.6. The third kappa shape index (κ3) is 6.95. The van der Waals surface area contributed by atoms with Crippen molar-refractivity contribution in [1.82, 2.24) is 4.90 Å². The number of ether oxygens (including phenoxy) is 2. The van der Waals surface area contributed by atoms with Crippen molar-refractivity contribution in [2.24, 2.45) is 0 Å². The van der Waals surface area contributed by atoms with E-state index in [1.807, 2.05) is 36.4 Å². The summed E-state index contributed by atoms with van der Waals surface area (Å²) in [6.45, 7) is 8.92. The zero-order chi connectivity index (χ0) is 19.9. The van der Waals surface area contributed by atoms with Gasteiger partial charge in [-0.05, 0) is 29.7 Å². The van der Waals surface area contributed by atoms with Gasteiger partial charge in [-0.1, -0.05) is 44.2 Å². The van der Waals surface area contributed by atoms with E-state index in [-0.39, 0.29) is 24.8 Å². The van der Waals surface area contributed by atoms with E-state index in [0.717, 1.165) is 43.4 Å². The monoisotopic (exact) mass is 456 g/mol. The molecule has 0 amide bonds. The van der Waals surface area contributed by atoms with Crippen molar-refractivity contribution in [3.8, 4) is 11.5 Å². The van der Waals surface area contributed by atoms with Crippen molar-refractivity contribution >= 4 is 30.5 Å². The summed E-state index contributed by atoms with van der Waals surface area (Å²) in [5.41, 5.74) is 2.32. The SMILES string of the molecule is COc1ccccc1N1CCN(CC(O)COc2ccccc2C(C)C)CC1.Cl.Cl. The van der Waals surface area contributed by atoms with Crippen LogP contribution in [0.4, 0.5) is 5.69 Å². The molecule has 2 aromatic rings. The second-order valence-electron chi connectivity index (χ2n) is 7.62. The molecule has 1 saturated heterocycles. The Bertz CT molecular complexity index is 753. The van der Waals surface area contributed by atoms with Crippen LogP contribution in [0.5, 0.6) is 11.5 Å². The highest BCUT2D eigenvalue weighted by Crippen LogP contribution is 2.28. The van der Waals surface area contributed by atoms with Crippen molar-refractivity contribution < 1.29 is 14.6 Å². The van der Waals surface area contributed by atoms with E-state index in [1.54, 1.807) is 7.11 Å². The topological polar surface area (TPSA) is 45.2 Å². The zero-order valence-electron chi connectivity index (χ0n) is 18.0. The van der Waals surface area contributed by atoms with Crippen LogP contribution in [0.25, 0.3) is 0 Å². The van der Waals surface area contributed by atoms with Crippen LogP contribution in [0, 0.1) is 0 Å². The third-order valence-corrected chi connectivity index (χ3v) is 5.24. The number of piperazine rings is 1. The van der Waals surface area contributed by atoms with Crippen molar-refractivity contribution in [2.75, 3.05) is 51.3 Å². The quantitative estimate of drug-likeness (QED) is 0.643. The van der Waals surface area contributed by atoms with Gasteiger partial charge in [0.15, 0.2) is 0 Å².